The Morgan fingerprint density at radius 2 is 1.70 bits per heavy atom. The van der Waals surface area contributed by atoms with E-state index in [1.54, 1.807) is 26.4 Å². The first kappa shape index (κ1) is 20.7. The Hall–Kier alpha value is -2.60. The summed E-state index contributed by atoms with van der Waals surface area (Å²) in [5, 5.41) is 2.89. The Morgan fingerprint density at radius 1 is 1.07 bits per heavy atom. The maximum absolute atomic E-state index is 12.9. The van der Waals surface area contributed by atoms with Crippen LogP contribution in [0, 0.1) is 5.82 Å². The lowest BCUT2D eigenvalue weighted by molar-refractivity contribution is -0.125. The molecular formula is C21H27FN2O3. The van der Waals surface area contributed by atoms with Gasteiger partial charge in [-0.1, -0.05) is 18.2 Å². The molecule has 0 aliphatic heterocycles. The van der Waals surface area contributed by atoms with Gasteiger partial charge in [0.15, 0.2) is 11.5 Å². The number of benzene rings is 2. The molecule has 0 fully saturated rings. The van der Waals surface area contributed by atoms with Crippen molar-refractivity contribution in [3.05, 3.63) is 59.4 Å². The van der Waals surface area contributed by atoms with Crippen LogP contribution in [0.3, 0.4) is 0 Å². The van der Waals surface area contributed by atoms with E-state index in [0.717, 1.165) is 24.1 Å². The van der Waals surface area contributed by atoms with Gasteiger partial charge in [-0.2, -0.15) is 0 Å². The SMILES string of the molecule is COc1ccc(CCN(C)[C@@H](C)C(=O)NCc2ccc(F)cc2)cc1OC. The van der Waals surface area contributed by atoms with E-state index in [2.05, 4.69) is 5.32 Å². The lowest BCUT2D eigenvalue weighted by atomic mass is 10.1. The van der Waals surface area contributed by atoms with Crippen molar-refractivity contribution in [2.75, 3.05) is 27.8 Å². The first-order valence-electron chi connectivity index (χ1n) is 8.88. The third-order valence-electron chi connectivity index (χ3n) is 4.62. The van der Waals surface area contributed by atoms with Crippen LogP contribution in [-0.4, -0.2) is 44.7 Å². The monoisotopic (exact) mass is 374 g/mol. The molecule has 27 heavy (non-hydrogen) atoms. The van der Waals surface area contributed by atoms with E-state index in [4.69, 9.17) is 9.47 Å². The molecule has 0 unspecified atom stereocenters. The van der Waals surface area contributed by atoms with E-state index in [0.29, 0.717) is 18.0 Å². The highest BCUT2D eigenvalue weighted by molar-refractivity contribution is 5.81. The summed E-state index contributed by atoms with van der Waals surface area (Å²) in [6.07, 6.45) is 0.784. The molecule has 0 aliphatic carbocycles. The second-order valence-electron chi connectivity index (χ2n) is 6.44. The smallest absolute Gasteiger partial charge is 0.237 e. The lowest BCUT2D eigenvalue weighted by Crippen LogP contribution is -2.43. The van der Waals surface area contributed by atoms with Crippen LogP contribution in [0.15, 0.2) is 42.5 Å². The highest BCUT2D eigenvalue weighted by Gasteiger charge is 2.17. The average molecular weight is 374 g/mol. The van der Waals surface area contributed by atoms with E-state index >= 15 is 0 Å². The molecule has 2 aromatic carbocycles. The van der Waals surface area contributed by atoms with Gasteiger partial charge in [0, 0.05) is 13.1 Å². The molecule has 0 heterocycles. The van der Waals surface area contributed by atoms with Crippen LogP contribution in [0.2, 0.25) is 0 Å². The van der Waals surface area contributed by atoms with E-state index < -0.39 is 0 Å². The van der Waals surface area contributed by atoms with Crippen molar-refractivity contribution in [3.63, 3.8) is 0 Å². The Kier molecular flexibility index (Phi) is 7.61. The molecule has 0 saturated carbocycles. The third-order valence-corrected chi connectivity index (χ3v) is 4.62. The third kappa shape index (κ3) is 5.96. The topological polar surface area (TPSA) is 50.8 Å². The molecule has 0 bridgehead atoms. The maximum atomic E-state index is 12.9. The van der Waals surface area contributed by atoms with E-state index in [9.17, 15) is 9.18 Å². The van der Waals surface area contributed by atoms with Crippen LogP contribution < -0.4 is 14.8 Å². The fourth-order valence-corrected chi connectivity index (χ4v) is 2.67. The molecule has 6 heteroatoms. The first-order chi connectivity index (χ1) is 12.9. The summed E-state index contributed by atoms with van der Waals surface area (Å²) in [6, 6.07) is 11.7. The summed E-state index contributed by atoms with van der Waals surface area (Å²) in [6.45, 7) is 2.97. The number of nitrogens with one attached hydrogen (secondary N) is 1. The molecular weight excluding hydrogens is 347 g/mol. The van der Waals surface area contributed by atoms with Gasteiger partial charge in [0.2, 0.25) is 5.91 Å². The Labute approximate surface area is 160 Å². The number of halogens is 1. The fraction of sp³-hybridized carbons (Fsp3) is 0.381. The Morgan fingerprint density at radius 3 is 2.33 bits per heavy atom. The summed E-state index contributed by atoms with van der Waals surface area (Å²) >= 11 is 0. The van der Waals surface area contributed by atoms with Gasteiger partial charge in [0.1, 0.15) is 5.82 Å². The molecule has 0 saturated heterocycles. The van der Waals surface area contributed by atoms with Crippen molar-refractivity contribution in [2.45, 2.75) is 25.9 Å². The van der Waals surface area contributed by atoms with Crippen LogP contribution in [0.5, 0.6) is 11.5 Å². The largest absolute Gasteiger partial charge is 0.493 e. The zero-order valence-corrected chi connectivity index (χ0v) is 16.3. The summed E-state index contributed by atoms with van der Waals surface area (Å²) in [4.78, 5) is 14.4. The molecule has 2 aromatic rings. The van der Waals surface area contributed by atoms with E-state index in [-0.39, 0.29) is 17.8 Å². The number of likely N-dealkylation sites (N-methyl/N-ethyl adjacent to an activating group) is 1. The minimum Gasteiger partial charge on any atom is -0.493 e. The predicted molar refractivity (Wildman–Crippen MR) is 104 cm³/mol. The summed E-state index contributed by atoms with van der Waals surface area (Å²) < 4.78 is 23.5. The summed E-state index contributed by atoms with van der Waals surface area (Å²) in [7, 11) is 5.14. The first-order valence-corrected chi connectivity index (χ1v) is 8.88. The van der Waals surface area contributed by atoms with E-state index in [1.807, 2.05) is 37.1 Å². The quantitative estimate of drug-likeness (QED) is 0.733. The van der Waals surface area contributed by atoms with Crippen LogP contribution in [0.1, 0.15) is 18.1 Å². The second-order valence-corrected chi connectivity index (χ2v) is 6.44. The van der Waals surface area contributed by atoms with Gasteiger partial charge in [0.25, 0.3) is 0 Å². The minimum absolute atomic E-state index is 0.0610. The minimum atomic E-state index is -0.284. The normalized spacial score (nSPS) is 11.9. The van der Waals surface area contributed by atoms with E-state index in [1.165, 1.54) is 12.1 Å². The molecule has 2 rings (SSSR count). The molecule has 1 amide bonds. The number of hydrogen-bond donors (Lipinski definition) is 1. The van der Waals surface area contributed by atoms with Crippen molar-refractivity contribution >= 4 is 5.91 Å². The van der Waals surface area contributed by atoms with Gasteiger partial charge in [-0.15, -0.1) is 0 Å². The number of ether oxygens (including phenoxy) is 2. The lowest BCUT2D eigenvalue weighted by Gasteiger charge is -2.24. The van der Waals surface area contributed by atoms with Crippen molar-refractivity contribution in [3.8, 4) is 11.5 Å². The van der Waals surface area contributed by atoms with Gasteiger partial charge in [-0.25, -0.2) is 4.39 Å². The predicted octanol–water partition coefficient (Wildman–Crippen LogP) is 3.02. The molecule has 5 nitrogen and oxygen atoms in total. The number of hydrogen-bond acceptors (Lipinski definition) is 4. The fourth-order valence-electron chi connectivity index (χ4n) is 2.67. The van der Waals surface area contributed by atoms with Gasteiger partial charge in [-0.3, -0.25) is 9.69 Å². The summed E-state index contributed by atoms with van der Waals surface area (Å²) in [5.74, 6) is 1.05. The molecule has 0 aliphatic rings. The number of rotatable bonds is 9. The molecule has 146 valence electrons. The van der Waals surface area contributed by atoms with Crippen LogP contribution in [0.25, 0.3) is 0 Å². The average Bonchev–Trinajstić information content (AvgIpc) is 2.70. The molecule has 1 N–H and O–H groups in total. The molecule has 0 aromatic heterocycles. The van der Waals surface area contributed by atoms with Crippen LogP contribution in [0.4, 0.5) is 4.39 Å². The molecule has 0 spiro atoms. The van der Waals surface area contributed by atoms with Crippen molar-refractivity contribution in [1.82, 2.24) is 10.2 Å². The van der Waals surface area contributed by atoms with Crippen molar-refractivity contribution in [1.29, 1.82) is 0 Å². The standard InChI is InChI=1S/C21H27FN2O3/c1-15(21(25)23-14-17-5-8-18(22)9-6-17)24(2)12-11-16-7-10-19(26-3)20(13-16)27-4/h5-10,13,15H,11-12,14H2,1-4H3,(H,23,25)/t15-/m0/s1. The number of carbonyl (C=O) groups excluding carboxylic acids is 1. The van der Waals surface area contributed by atoms with Gasteiger partial charge < -0.3 is 14.8 Å². The second kappa shape index (κ2) is 9.92. The van der Waals surface area contributed by atoms with Gasteiger partial charge in [0.05, 0.1) is 20.3 Å². The number of nitrogens with zero attached hydrogens (tertiary/aromatic N) is 1. The Bertz CT molecular complexity index is 750. The number of amides is 1. The van der Waals surface area contributed by atoms with Crippen LogP contribution in [-0.2, 0) is 17.8 Å². The molecule has 0 radical (unpaired) electrons. The zero-order valence-electron chi connectivity index (χ0n) is 16.3. The van der Waals surface area contributed by atoms with Crippen LogP contribution >= 0.6 is 0 Å². The van der Waals surface area contributed by atoms with Crippen molar-refractivity contribution < 1.29 is 18.7 Å². The summed E-state index contributed by atoms with van der Waals surface area (Å²) in [5.41, 5.74) is 1.98. The molecule has 1 atom stereocenters. The Balaban J connectivity index is 1.84. The highest BCUT2D eigenvalue weighted by Crippen LogP contribution is 2.27. The number of methoxy groups -OCH3 is 2. The van der Waals surface area contributed by atoms with Gasteiger partial charge in [-0.05, 0) is 55.8 Å². The van der Waals surface area contributed by atoms with Crippen molar-refractivity contribution in [2.24, 2.45) is 0 Å². The number of carbonyl (C=O) groups is 1. The maximum Gasteiger partial charge on any atom is 0.237 e. The van der Waals surface area contributed by atoms with Gasteiger partial charge >= 0.3 is 0 Å². The zero-order chi connectivity index (χ0) is 19.8. The highest BCUT2D eigenvalue weighted by atomic mass is 19.1.